The second kappa shape index (κ2) is 3.96. The van der Waals surface area contributed by atoms with Gasteiger partial charge < -0.3 is 15.5 Å². The molecule has 0 aromatic heterocycles. The van der Waals surface area contributed by atoms with Crippen LogP contribution in [0.3, 0.4) is 0 Å². The van der Waals surface area contributed by atoms with Crippen molar-refractivity contribution in [2.24, 2.45) is 10.8 Å². The van der Waals surface area contributed by atoms with Gasteiger partial charge in [-0.15, -0.1) is 0 Å². The average molecular weight is 257 g/mol. The van der Waals surface area contributed by atoms with Gasteiger partial charge in [-0.3, -0.25) is 9.59 Å². The highest BCUT2D eigenvalue weighted by molar-refractivity contribution is 5.93. The molecular formula is C12H19NO5. The van der Waals surface area contributed by atoms with Gasteiger partial charge in [0, 0.05) is 6.42 Å². The fourth-order valence-corrected chi connectivity index (χ4v) is 2.47. The molecule has 0 aromatic carbocycles. The minimum Gasteiger partial charge on any atom is -0.481 e. The number of hydrogen-bond acceptors (Lipinski definition) is 3. The minimum atomic E-state index is -1.54. The number of carboxylic acids is 2. The summed E-state index contributed by atoms with van der Waals surface area (Å²) in [6, 6.07) is 0. The maximum atomic E-state index is 11.7. The van der Waals surface area contributed by atoms with Gasteiger partial charge in [-0.05, 0) is 18.8 Å². The van der Waals surface area contributed by atoms with E-state index in [1.165, 1.54) is 6.92 Å². The third-order valence-electron chi connectivity index (χ3n) is 3.85. The van der Waals surface area contributed by atoms with E-state index in [0.29, 0.717) is 0 Å². The van der Waals surface area contributed by atoms with Crippen molar-refractivity contribution in [2.75, 3.05) is 0 Å². The van der Waals surface area contributed by atoms with Gasteiger partial charge in [-0.1, -0.05) is 20.8 Å². The minimum absolute atomic E-state index is 0.125. The summed E-state index contributed by atoms with van der Waals surface area (Å²) in [5.41, 5.74) is -3.63. The summed E-state index contributed by atoms with van der Waals surface area (Å²) in [6.07, 6.45) is -0.325. The molecule has 1 aliphatic rings. The van der Waals surface area contributed by atoms with Crippen molar-refractivity contribution in [1.82, 2.24) is 5.32 Å². The van der Waals surface area contributed by atoms with Crippen LogP contribution in [0.5, 0.6) is 0 Å². The molecule has 6 nitrogen and oxygen atoms in total. The predicted molar refractivity (Wildman–Crippen MR) is 62.9 cm³/mol. The molecule has 0 spiro atoms. The molecule has 2 unspecified atom stereocenters. The highest BCUT2D eigenvalue weighted by Crippen LogP contribution is 2.49. The SMILES string of the molecule is CC1(C(=O)O)CC(C(=O)O)(C(C)(C)C)CC(=O)N1. The van der Waals surface area contributed by atoms with Gasteiger partial charge in [-0.25, -0.2) is 4.79 Å². The highest BCUT2D eigenvalue weighted by atomic mass is 16.4. The molecule has 1 aliphatic heterocycles. The second-order valence-corrected chi connectivity index (χ2v) is 6.18. The van der Waals surface area contributed by atoms with Crippen molar-refractivity contribution in [2.45, 2.75) is 46.1 Å². The van der Waals surface area contributed by atoms with E-state index in [-0.39, 0.29) is 12.8 Å². The largest absolute Gasteiger partial charge is 0.481 e. The van der Waals surface area contributed by atoms with E-state index in [0.717, 1.165) is 0 Å². The lowest BCUT2D eigenvalue weighted by Crippen LogP contribution is -2.64. The molecule has 0 aliphatic carbocycles. The molecule has 1 fully saturated rings. The zero-order valence-electron chi connectivity index (χ0n) is 11.0. The summed E-state index contributed by atoms with van der Waals surface area (Å²) in [4.78, 5) is 34.6. The molecule has 0 bridgehead atoms. The Morgan fingerprint density at radius 1 is 1.22 bits per heavy atom. The third kappa shape index (κ3) is 2.07. The Kier molecular flexibility index (Phi) is 3.19. The van der Waals surface area contributed by atoms with Crippen molar-refractivity contribution in [3.8, 4) is 0 Å². The van der Waals surface area contributed by atoms with Crippen molar-refractivity contribution >= 4 is 17.8 Å². The third-order valence-corrected chi connectivity index (χ3v) is 3.85. The Labute approximate surface area is 105 Å². The highest BCUT2D eigenvalue weighted by Gasteiger charge is 2.59. The molecule has 0 radical (unpaired) electrons. The molecule has 2 atom stereocenters. The number of piperidine rings is 1. The number of amides is 1. The quantitative estimate of drug-likeness (QED) is 0.680. The second-order valence-electron chi connectivity index (χ2n) is 6.18. The molecular weight excluding hydrogens is 238 g/mol. The topological polar surface area (TPSA) is 104 Å². The Bertz CT molecular complexity index is 411. The van der Waals surface area contributed by atoms with Crippen LogP contribution in [-0.4, -0.2) is 33.6 Å². The number of carboxylic acid groups (broad SMARTS) is 2. The number of carbonyl (C=O) groups is 3. The van der Waals surface area contributed by atoms with Crippen LogP contribution in [0.25, 0.3) is 0 Å². The molecule has 1 amide bonds. The molecule has 0 aromatic rings. The van der Waals surface area contributed by atoms with Crippen LogP contribution in [0.2, 0.25) is 0 Å². The first kappa shape index (κ1) is 14.5. The zero-order valence-corrected chi connectivity index (χ0v) is 11.0. The van der Waals surface area contributed by atoms with Crippen LogP contribution in [-0.2, 0) is 14.4 Å². The van der Waals surface area contributed by atoms with Crippen LogP contribution in [0.4, 0.5) is 0 Å². The summed E-state index contributed by atoms with van der Waals surface area (Å²) in [7, 11) is 0. The molecule has 102 valence electrons. The zero-order chi connectivity index (χ0) is 14.4. The van der Waals surface area contributed by atoms with Crippen LogP contribution >= 0.6 is 0 Å². The number of nitrogens with one attached hydrogen (secondary N) is 1. The van der Waals surface area contributed by atoms with E-state index in [1.54, 1.807) is 20.8 Å². The summed E-state index contributed by atoms with van der Waals surface area (Å²) >= 11 is 0. The normalized spacial score (nSPS) is 32.8. The fraction of sp³-hybridized carbons (Fsp3) is 0.750. The first-order valence-electron chi connectivity index (χ1n) is 5.72. The van der Waals surface area contributed by atoms with Gasteiger partial charge in [0.1, 0.15) is 5.54 Å². The van der Waals surface area contributed by atoms with Crippen molar-refractivity contribution in [3.05, 3.63) is 0 Å². The lowest BCUT2D eigenvalue weighted by Gasteiger charge is -2.48. The van der Waals surface area contributed by atoms with Crippen LogP contribution < -0.4 is 5.32 Å². The van der Waals surface area contributed by atoms with Crippen molar-refractivity contribution in [3.63, 3.8) is 0 Å². The number of hydrogen-bond donors (Lipinski definition) is 3. The Morgan fingerprint density at radius 2 is 1.72 bits per heavy atom. The number of aliphatic carboxylic acids is 2. The molecule has 0 saturated carbocycles. The van der Waals surface area contributed by atoms with E-state index in [2.05, 4.69) is 5.32 Å². The van der Waals surface area contributed by atoms with Crippen LogP contribution in [0.15, 0.2) is 0 Å². The molecule has 1 heterocycles. The summed E-state index contributed by atoms with van der Waals surface area (Å²) in [6.45, 7) is 6.47. The maximum Gasteiger partial charge on any atom is 0.329 e. The number of carbonyl (C=O) groups excluding carboxylic acids is 1. The van der Waals surface area contributed by atoms with Gasteiger partial charge >= 0.3 is 11.9 Å². The Morgan fingerprint density at radius 3 is 2.06 bits per heavy atom. The molecule has 6 heteroatoms. The summed E-state index contributed by atoms with van der Waals surface area (Å²) in [5, 5.41) is 21.0. The van der Waals surface area contributed by atoms with E-state index >= 15 is 0 Å². The van der Waals surface area contributed by atoms with Crippen molar-refractivity contribution in [1.29, 1.82) is 0 Å². The fourth-order valence-electron chi connectivity index (χ4n) is 2.47. The van der Waals surface area contributed by atoms with E-state index < -0.39 is 34.2 Å². The first-order valence-corrected chi connectivity index (χ1v) is 5.72. The predicted octanol–water partition coefficient (Wildman–Crippen LogP) is 0.857. The van der Waals surface area contributed by atoms with Gasteiger partial charge in [-0.2, -0.15) is 0 Å². The first-order chi connectivity index (χ1) is 7.94. The molecule has 1 rings (SSSR count). The smallest absolute Gasteiger partial charge is 0.329 e. The van der Waals surface area contributed by atoms with E-state index in [9.17, 15) is 24.6 Å². The molecule has 1 saturated heterocycles. The summed E-state index contributed by atoms with van der Waals surface area (Å²) < 4.78 is 0. The van der Waals surface area contributed by atoms with Crippen molar-refractivity contribution < 1.29 is 24.6 Å². The lowest BCUT2D eigenvalue weighted by molar-refractivity contribution is -0.171. The Hall–Kier alpha value is -1.59. The Balaban J connectivity index is 3.33. The molecule has 3 N–H and O–H groups in total. The monoisotopic (exact) mass is 257 g/mol. The van der Waals surface area contributed by atoms with Gasteiger partial charge in [0.2, 0.25) is 5.91 Å². The number of rotatable bonds is 2. The van der Waals surface area contributed by atoms with Crippen LogP contribution in [0.1, 0.15) is 40.5 Å². The van der Waals surface area contributed by atoms with Crippen LogP contribution in [0, 0.1) is 10.8 Å². The summed E-state index contributed by atoms with van der Waals surface area (Å²) in [5.74, 6) is -2.88. The maximum absolute atomic E-state index is 11.7. The van der Waals surface area contributed by atoms with Gasteiger partial charge in [0.25, 0.3) is 0 Å². The van der Waals surface area contributed by atoms with Gasteiger partial charge in [0.05, 0.1) is 5.41 Å². The lowest BCUT2D eigenvalue weighted by atomic mass is 9.57. The average Bonchev–Trinajstić information content (AvgIpc) is 2.13. The van der Waals surface area contributed by atoms with Gasteiger partial charge in [0.15, 0.2) is 0 Å². The van der Waals surface area contributed by atoms with E-state index in [4.69, 9.17) is 0 Å². The standard InChI is InChI=1S/C12H19NO5/c1-10(2,3)12(9(17)18)5-7(14)13-11(4,6-12)8(15)16/h5-6H2,1-4H3,(H,13,14)(H,15,16)(H,17,18). The molecule has 18 heavy (non-hydrogen) atoms. The van der Waals surface area contributed by atoms with E-state index in [1.807, 2.05) is 0 Å².